The van der Waals surface area contributed by atoms with Crippen molar-refractivity contribution in [2.24, 2.45) is 0 Å². The number of benzene rings is 8. The number of rotatable bonds is 5. The van der Waals surface area contributed by atoms with Crippen LogP contribution in [-0.4, -0.2) is 15.0 Å². The third-order valence-electron chi connectivity index (χ3n) is 9.77. The summed E-state index contributed by atoms with van der Waals surface area (Å²) in [5.74, 6) is 1.77. The van der Waals surface area contributed by atoms with E-state index in [9.17, 15) is 0 Å². The molecule has 0 aliphatic heterocycles. The number of aromatic nitrogens is 3. The minimum absolute atomic E-state index is 0.564. The molecule has 2 aromatic heterocycles. The van der Waals surface area contributed by atoms with Crippen LogP contribution >= 0.6 is 0 Å². The standard InChI is InChI=1S/C47H29N3O/c1-2-12-30(13-3-1)31-26-28-33(29-27-31)45-48-46(50-47(49-45)42-24-11-22-40-39-17-6-7-25-43(39)51-44(40)42)41-23-10-20-37-36(19-9-21-38(37)41)35-18-8-15-32-14-4-5-16-34(32)35/h1-29H. The van der Waals surface area contributed by atoms with Gasteiger partial charge in [0.25, 0.3) is 0 Å². The van der Waals surface area contributed by atoms with Gasteiger partial charge in [-0.3, -0.25) is 0 Å². The molecule has 0 unspecified atom stereocenters. The molecular formula is C47H29N3O. The van der Waals surface area contributed by atoms with Crippen molar-refractivity contribution in [1.29, 1.82) is 0 Å². The van der Waals surface area contributed by atoms with E-state index in [-0.39, 0.29) is 0 Å². The zero-order valence-corrected chi connectivity index (χ0v) is 27.5. The van der Waals surface area contributed by atoms with Crippen molar-refractivity contribution in [1.82, 2.24) is 15.0 Å². The van der Waals surface area contributed by atoms with Gasteiger partial charge in [-0.05, 0) is 55.9 Å². The van der Waals surface area contributed by atoms with E-state index in [0.717, 1.165) is 60.5 Å². The Morgan fingerprint density at radius 2 is 0.784 bits per heavy atom. The molecule has 0 aliphatic rings. The molecule has 8 aromatic carbocycles. The van der Waals surface area contributed by atoms with Gasteiger partial charge in [0.15, 0.2) is 17.5 Å². The van der Waals surface area contributed by atoms with Gasteiger partial charge in [0.05, 0.1) is 5.56 Å². The predicted octanol–water partition coefficient (Wildman–Crippen LogP) is 12.4. The summed E-state index contributed by atoms with van der Waals surface area (Å²) in [7, 11) is 0. The maximum absolute atomic E-state index is 6.46. The van der Waals surface area contributed by atoms with Crippen molar-refractivity contribution < 1.29 is 4.42 Å². The van der Waals surface area contributed by atoms with Crippen molar-refractivity contribution in [3.63, 3.8) is 0 Å². The summed E-state index contributed by atoms with van der Waals surface area (Å²) in [5.41, 5.74) is 8.94. The van der Waals surface area contributed by atoms with Gasteiger partial charge in [-0.15, -0.1) is 0 Å². The van der Waals surface area contributed by atoms with Crippen LogP contribution in [-0.2, 0) is 0 Å². The van der Waals surface area contributed by atoms with Crippen LogP contribution in [0.3, 0.4) is 0 Å². The van der Waals surface area contributed by atoms with Crippen LogP contribution in [0.15, 0.2) is 180 Å². The van der Waals surface area contributed by atoms with Crippen LogP contribution in [0.2, 0.25) is 0 Å². The van der Waals surface area contributed by atoms with Crippen LogP contribution in [0, 0.1) is 0 Å². The van der Waals surface area contributed by atoms with E-state index in [1.807, 2.05) is 36.4 Å². The van der Waals surface area contributed by atoms with Crippen LogP contribution < -0.4 is 0 Å². The van der Waals surface area contributed by atoms with Gasteiger partial charge in [0.1, 0.15) is 11.2 Å². The Balaban J connectivity index is 1.19. The molecule has 238 valence electrons. The summed E-state index contributed by atoms with van der Waals surface area (Å²) in [6, 6.07) is 61.1. The quantitative estimate of drug-likeness (QED) is 0.186. The van der Waals surface area contributed by atoms with Gasteiger partial charge in [0, 0.05) is 21.9 Å². The minimum atomic E-state index is 0.564. The maximum Gasteiger partial charge on any atom is 0.167 e. The Morgan fingerprint density at radius 1 is 0.294 bits per heavy atom. The monoisotopic (exact) mass is 651 g/mol. The van der Waals surface area contributed by atoms with Crippen LogP contribution in [0.4, 0.5) is 0 Å². The fraction of sp³-hybridized carbons (Fsp3) is 0. The van der Waals surface area contributed by atoms with E-state index in [4.69, 9.17) is 19.4 Å². The number of para-hydroxylation sites is 2. The topological polar surface area (TPSA) is 51.8 Å². The molecule has 10 rings (SSSR count). The second-order valence-corrected chi connectivity index (χ2v) is 12.8. The first-order valence-electron chi connectivity index (χ1n) is 17.1. The molecule has 0 aliphatic carbocycles. The lowest BCUT2D eigenvalue weighted by Gasteiger charge is -2.14. The first kappa shape index (κ1) is 29.0. The van der Waals surface area contributed by atoms with Gasteiger partial charge < -0.3 is 4.42 Å². The highest BCUT2D eigenvalue weighted by Crippen LogP contribution is 2.39. The molecule has 0 atom stereocenters. The lowest BCUT2D eigenvalue weighted by atomic mass is 9.92. The summed E-state index contributed by atoms with van der Waals surface area (Å²) >= 11 is 0. The van der Waals surface area contributed by atoms with E-state index in [0.29, 0.717) is 17.5 Å². The molecule has 0 saturated carbocycles. The molecule has 0 amide bonds. The van der Waals surface area contributed by atoms with Gasteiger partial charge in [-0.1, -0.05) is 164 Å². The first-order valence-corrected chi connectivity index (χ1v) is 17.1. The predicted molar refractivity (Wildman–Crippen MR) is 209 cm³/mol. The second kappa shape index (κ2) is 11.9. The third kappa shape index (κ3) is 4.96. The molecule has 2 heterocycles. The number of hydrogen-bond acceptors (Lipinski definition) is 4. The van der Waals surface area contributed by atoms with Crippen LogP contribution in [0.5, 0.6) is 0 Å². The van der Waals surface area contributed by atoms with Gasteiger partial charge in [-0.25, -0.2) is 15.0 Å². The highest BCUT2D eigenvalue weighted by Gasteiger charge is 2.19. The minimum Gasteiger partial charge on any atom is -0.455 e. The SMILES string of the molecule is c1ccc(-c2ccc(-c3nc(-c4cccc5c(-c6cccc7ccccc67)cccc45)nc(-c4cccc5c4oc4ccccc45)n3)cc2)cc1. The van der Waals surface area contributed by atoms with Crippen LogP contribution in [0.1, 0.15) is 0 Å². The summed E-state index contributed by atoms with van der Waals surface area (Å²) in [5, 5.41) is 6.75. The summed E-state index contributed by atoms with van der Waals surface area (Å²) in [6.07, 6.45) is 0. The Hall–Kier alpha value is -6.91. The van der Waals surface area contributed by atoms with E-state index >= 15 is 0 Å². The van der Waals surface area contributed by atoms with Crippen molar-refractivity contribution in [2.75, 3.05) is 0 Å². The van der Waals surface area contributed by atoms with Gasteiger partial charge >= 0.3 is 0 Å². The summed E-state index contributed by atoms with van der Waals surface area (Å²) in [6.45, 7) is 0. The highest BCUT2D eigenvalue weighted by atomic mass is 16.3. The number of hydrogen-bond donors (Lipinski definition) is 0. The molecule has 51 heavy (non-hydrogen) atoms. The zero-order valence-electron chi connectivity index (χ0n) is 27.5. The summed E-state index contributed by atoms with van der Waals surface area (Å²) < 4.78 is 6.46. The van der Waals surface area contributed by atoms with Gasteiger partial charge in [-0.2, -0.15) is 0 Å². The summed E-state index contributed by atoms with van der Waals surface area (Å²) in [4.78, 5) is 15.5. The van der Waals surface area contributed by atoms with Crippen LogP contribution in [0.25, 0.3) is 99.9 Å². The molecule has 0 bridgehead atoms. The Morgan fingerprint density at radius 3 is 1.59 bits per heavy atom. The van der Waals surface area contributed by atoms with E-state index in [2.05, 4.69) is 140 Å². The van der Waals surface area contributed by atoms with Crippen molar-refractivity contribution >= 4 is 43.5 Å². The molecule has 0 saturated heterocycles. The Bertz CT molecular complexity index is 2900. The average molecular weight is 652 g/mol. The van der Waals surface area contributed by atoms with E-state index < -0.39 is 0 Å². The Labute approximate surface area is 294 Å². The highest BCUT2D eigenvalue weighted by molar-refractivity contribution is 6.10. The molecule has 0 N–H and O–H groups in total. The normalized spacial score (nSPS) is 11.5. The Kier molecular flexibility index (Phi) is 6.78. The number of fused-ring (bicyclic) bond motifs is 5. The largest absolute Gasteiger partial charge is 0.455 e. The fourth-order valence-electron chi connectivity index (χ4n) is 7.31. The number of furan rings is 1. The fourth-order valence-corrected chi connectivity index (χ4v) is 7.31. The van der Waals surface area contributed by atoms with E-state index in [1.54, 1.807) is 0 Å². The molecule has 0 fully saturated rings. The first-order chi connectivity index (χ1) is 25.3. The van der Waals surface area contributed by atoms with Crippen molar-refractivity contribution in [2.45, 2.75) is 0 Å². The molecule has 4 heteroatoms. The number of nitrogens with zero attached hydrogens (tertiary/aromatic N) is 3. The smallest absolute Gasteiger partial charge is 0.167 e. The van der Waals surface area contributed by atoms with Crippen molar-refractivity contribution in [3.05, 3.63) is 176 Å². The average Bonchev–Trinajstić information content (AvgIpc) is 3.59. The lowest BCUT2D eigenvalue weighted by molar-refractivity contribution is 0.669. The van der Waals surface area contributed by atoms with Gasteiger partial charge in [0.2, 0.25) is 0 Å². The molecule has 10 aromatic rings. The maximum atomic E-state index is 6.46. The van der Waals surface area contributed by atoms with Crippen molar-refractivity contribution in [3.8, 4) is 56.4 Å². The van der Waals surface area contributed by atoms with E-state index in [1.165, 1.54) is 21.9 Å². The molecule has 4 nitrogen and oxygen atoms in total. The lowest BCUT2D eigenvalue weighted by Crippen LogP contribution is -2.01. The zero-order chi connectivity index (χ0) is 33.7. The molecule has 0 radical (unpaired) electrons. The molecule has 0 spiro atoms. The second-order valence-electron chi connectivity index (χ2n) is 12.8. The third-order valence-corrected chi connectivity index (χ3v) is 9.77. The molecular weight excluding hydrogens is 623 g/mol.